The molecule has 5 aromatic rings. The minimum absolute atomic E-state index is 0.00813. The van der Waals surface area contributed by atoms with Crippen molar-refractivity contribution in [3.8, 4) is 0 Å². The van der Waals surface area contributed by atoms with Gasteiger partial charge in [-0.05, 0) is 60.2 Å². The lowest BCUT2D eigenvalue weighted by Gasteiger charge is -2.17. The van der Waals surface area contributed by atoms with Crippen LogP contribution >= 0.6 is 0 Å². The van der Waals surface area contributed by atoms with Gasteiger partial charge in [0.15, 0.2) is 0 Å². The first-order valence-corrected chi connectivity index (χ1v) is 12.1. The topological polar surface area (TPSA) is 137 Å². The van der Waals surface area contributed by atoms with Crippen LogP contribution in [0.15, 0.2) is 105 Å². The van der Waals surface area contributed by atoms with E-state index in [1.54, 1.807) is 18.4 Å². The highest BCUT2D eigenvalue weighted by Gasteiger charge is 2.21. The molecule has 4 N–H and O–H groups in total. The molecule has 1 atom stereocenters. The predicted molar refractivity (Wildman–Crippen MR) is 131 cm³/mol. The summed E-state index contributed by atoms with van der Waals surface area (Å²) in [4.78, 5) is 29.5. The van der Waals surface area contributed by atoms with Gasteiger partial charge in [0.1, 0.15) is 11.8 Å². The number of H-pyrrole nitrogens is 2. The Hall–Kier alpha value is -4.57. The molecular formula is C25H20N4O5S. The largest absolute Gasteiger partial charge is 0.467 e. The monoisotopic (exact) mass is 488 g/mol. The van der Waals surface area contributed by atoms with Gasteiger partial charge in [0.2, 0.25) is 0 Å². The zero-order valence-corrected chi connectivity index (χ0v) is 19.0. The molecule has 0 saturated carbocycles. The van der Waals surface area contributed by atoms with E-state index in [0.717, 1.165) is 5.56 Å². The first-order valence-electron chi connectivity index (χ1n) is 10.6. The number of imidazole rings is 1. The van der Waals surface area contributed by atoms with Crippen LogP contribution in [-0.2, 0) is 10.0 Å². The van der Waals surface area contributed by atoms with Gasteiger partial charge in [-0.3, -0.25) is 9.52 Å². The number of benzene rings is 3. The number of rotatable bonds is 7. The van der Waals surface area contributed by atoms with E-state index < -0.39 is 21.8 Å². The first kappa shape index (κ1) is 22.2. The number of carbonyl (C=O) groups is 1. The molecule has 2 heterocycles. The lowest BCUT2D eigenvalue weighted by molar-refractivity contribution is 0.0939. The van der Waals surface area contributed by atoms with Crippen LogP contribution in [0.4, 0.5) is 5.69 Å². The van der Waals surface area contributed by atoms with Gasteiger partial charge in [-0.1, -0.05) is 30.3 Å². The number of aromatic nitrogens is 2. The zero-order chi connectivity index (χ0) is 24.4. The van der Waals surface area contributed by atoms with Crippen LogP contribution in [0.3, 0.4) is 0 Å². The Morgan fingerprint density at radius 2 is 1.60 bits per heavy atom. The van der Waals surface area contributed by atoms with Gasteiger partial charge in [0, 0.05) is 11.3 Å². The van der Waals surface area contributed by atoms with Crippen molar-refractivity contribution in [3.05, 3.63) is 119 Å². The van der Waals surface area contributed by atoms with Crippen molar-refractivity contribution in [2.75, 3.05) is 4.72 Å². The van der Waals surface area contributed by atoms with Crippen LogP contribution in [0.5, 0.6) is 0 Å². The van der Waals surface area contributed by atoms with Crippen LogP contribution in [-0.4, -0.2) is 24.3 Å². The van der Waals surface area contributed by atoms with Gasteiger partial charge in [0.25, 0.3) is 15.9 Å². The third kappa shape index (κ3) is 4.73. The SMILES string of the molecule is O=C(NC(c1ccccc1)c1ccco1)c1ccc(NS(=O)(=O)c2ccc3[nH]c(=O)[nH]c3c2)cc1. The van der Waals surface area contributed by atoms with E-state index in [2.05, 4.69) is 20.0 Å². The predicted octanol–water partition coefficient (Wildman–Crippen LogP) is 3.77. The number of carbonyl (C=O) groups excluding carboxylic acids is 1. The van der Waals surface area contributed by atoms with Crippen molar-refractivity contribution in [3.63, 3.8) is 0 Å². The molecule has 0 saturated heterocycles. The summed E-state index contributed by atoms with van der Waals surface area (Å²) in [6, 6.07) is 22.9. The minimum Gasteiger partial charge on any atom is -0.467 e. The first-order chi connectivity index (χ1) is 16.9. The molecule has 0 aliphatic heterocycles. The molecule has 0 aliphatic rings. The molecule has 2 aromatic heterocycles. The molecule has 0 fully saturated rings. The third-order valence-electron chi connectivity index (χ3n) is 5.43. The smallest absolute Gasteiger partial charge is 0.323 e. The van der Waals surface area contributed by atoms with Crippen LogP contribution in [0.25, 0.3) is 11.0 Å². The van der Waals surface area contributed by atoms with E-state index >= 15 is 0 Å². The van der Waals surface area contributed by atoms with Gasteiger partial charge in [0.05, 0.1) is 22.2 Å². The number of sulfonamides is 1. The Morgan fingerprint density at radius 3 is 2.31 bits per heavy atom. The van der Waals surface area contributed by atoms with Gasteiger partial charge in [-0.25, -0.2) is 13.2 Å². The maximum atomic E-state index is 12.9. The number of hydrogen-bond donors (Lipinski definition) is 4. The molecule has 1 amide bonds. The molecule has 9 nitrogen and oxygen atoms in total. The molecule has 0 radical (unpaired) electrons. The van der Waals surface area contributed by atoms with Crippen LogP contribution in [0, 0.1) is 0 Å². The van der Waals surface area contributed by atoms with Gasteiger partial charge >= 0.3 is 5.69 Å². The zero-order valence-electron chi connectivity index (χ0n) is 18.2. The second kappa shape index (κ2) is 8.99. The Labute approximate surface area is 199 Å². The van der Waals surface area contributed by atoms with E-state index in [4.69, 9.17) is 4.42 Å². The molecule has 1 unspecified atom stereocenters. The number of nitrogens with one attached hydrogen (secondary N) is 4. The fourth-order valence-electron chi connectivity index (χ4n) is 3.72. The highest BCUT2D eigenvalue weighted by molar-refractivity contribution is 7.92. The van der Waals surface area contributed by atoms with Crippen molar-refractivity contribution < 1.29 is 17.6 Å². The van der Waals surface area contributed by atoms with Crippen molar-refractivity contribution in [1.82, 2.24) is 15.3 Å². The average Bonchev–Trinajstić information content (AvgIpc) is 3.51. The summed E-state index contributed by atoms with van der Waals surface area (Å²) in [5.74, 6) is 0.251. The Balaban J connectivity index is 1.33. The third-order valence-corrected chi connectivity index (χ3v) is 6.81. The molecule has 176 valence electrons. The number of anilines is 1. The number of fused-ring (bicyclic) bond motifs is 1. The van der Waals surface area contributed by atoms with E-state index in [1.165, 1.54) is 42.5 Å². The van der Waals surface area contributed by atoms with E-state index in [-0.39, 0.29) is 16.5 Å². The lowest BCUT2D eigenvalue weighted by atomic mass is 10.0. The summed E-state index contributed by atoms with van der Waals surface area (Å²) in [6.07, 6.45) is 1.55. The second-order valence-electron chi connectivity index (χ2n) is 7.80. The molecule has 0 bridgehead atoms. The van der Waals surface area contributed by atoms with Crippen LogP contribution in [0.1, 0.15) is 27.7 Å². The van der Waals surface area contributed by atoms with Crippen LogP contribution < -0.4 is 15.7 Å². The average molecular weight is 489 g/mol. The molecule has 0 spiro atoms. The Morgan fingerprint density at radius 1 is 0.857 bits per heavy atom. The fourth-order valence-corrected chi connectivity index (χ4v) is 4.80. The maximum Gasteiger partial charge on any atom is 0.323 e. The quantitative estimate of drug-likeness (QED) is 0.276. The van der Waals surface area contributed by atoms with Crippen molar-refractivity contribution in [2.45, 2.75) is 10.9 Å². The second-order valence-corrected chi connectivity index (χ2v) is 9.48. The van der Waals surface area contributed by atoms with E-state index in [9.17, 15) is 18.0 Å². The normalized spacial score (nSPS) is 12.3. The number of hydrogen-bond acceptors (Lipinski definition) is 5. The molecule has 10 heteroatoms. The van der Waals surface area contributed by atoms with E-state index in [0.29, 0.717) is 22.4 Å². The van der Waals surface area contributed by atoms with Gasteiger partial charge < -0.3 is 19.7 Å². The number of furan rings is 1. The minimum atomic E-state index is -3.91. The summed E-state index contributed by atoms with van der Waals surface area (Å²) in [5, 5.41) is 2.96. The maximum absolute atomic E-state index is 12.9. The Kier molecular flexibility index (Phi) is 5.71. The summed E-state index contributed by atoms with van der Waals surface area (Å²) in [6.45, 7) is 0. The number of amides is 1. The molecular weight excluding hydrogens is 468 g/mol. The van der Waals surface area contributed by atoms with Crippen LogP contribution in [0.2, 0.25) is 0 Å². The standard InChI is InChI=1S/C25H20N4O5S/c30-24(28-23(22-7-4-14-34-22)16-5-2-1-3-6-16)17-8-10-18(11-9-17)29-35(32,33)19-12-13-20-21(15-19)27-25(31)26-20/h1-15,23,29H,(H,28,30)(H2,26,27,31). The molecule has 0 aliphatic carbocycles. The molecule has 3 aromatic carbocycles. The summed E-state index contributed by atoms with van der Waals surface area (Å²) in [7, 11) is -3.91. The summed E-state index contributed by atoms with van der Waals surface area (Å²) < 4.78 is 33.6. The molecule has 35 heavy (non-hydrogen) atoms. The van der Waals surface area contributed by atoms with Gasteiger partial charge in [-0.2, -0.15) is 0 Å². The van der Waals surface area contributed by atoms with Gasteiger partial charge in [-0.15, -0.1) is 0 Å². The highest BCUT2D eigenvalue weighted by Crippen LogP contribution is 2.24. The summed E-state index contributed by atoms with van der Waals surface area (Å²) >= 11 is 0. The fraction of sp³-hybridized carbons (Fsp3) is 0.0400. The van der Waals surface area contributed by atoms with Crippen molar-refractivity contribution >= 4 is 32.7 Å². The highest BCUT2D eigenvalue weighted by atomic mass is 32.2. The van der Waals surface area contributed by atoms with Crippen molar-refractivity contribution in [1.29, 1.82) is 0 Å². The van der Waals surface area contributed by atoms with E-state index in [1.807, 2.05) is 30.3 Å². The van der Waals surface area contributed by atoms with Crippen molar-refractivity contribution in [2.24, 2.45) is 0 Å². The Bertz CT molecular complexity index is 1640. The number of aromatic amines is 2. The lowest BCUT2D eigenvalue weighted by Crippen LogP contribution is -2.29. The molecule has 5 rings (SSSR count). The summed E-state index contributed by atoms with van der Waals surface area (Å²) in [5.41, 5.74) is 1.97.